The molecule has 152 valence electrons. The van der Waals surface area contributed by atoms with E-state index in [1.807, 2.05) is 38.1 Å². The molecule has 0 saturated heterocycles. The third-order valence-electron chi connectivity index (χ3n) is 4.40. The van der Waals surface area contributed by atoms with Crippen molar-refractivity contribution in [2.75, 3.05) is 5.32 Å². The highest BCUT2D eigenvalue weighted by molar-refractivity contribution is 7.80. The van der Waals surface area contributed by atoms with Gasteiger partial charge in [-0.05, 0) is 49.0 Å². The number of nitrogens with one attached hydrogen (secondary N) is 2. The third kappa shape index (κ3) is 4.18. The molecular formula is C20H17ClN6OS2. The quantitative estimate of drug-likeness (QED) is 0.440. The van der Waals surface area contributed by atoms with Crippen LogP contribution < -0.4 is 10.6 Å². The molecule has 7 nitrogen and oxygen atoms in total. The maximum atomic E-state index is 12.4. The van der Waals surface area contributed by atoms with Gasteiger partial charge in [-0.1, -0.05) is 48.1 Å². The van der Waals surface area contributed by atoms with Crippen LogP contribution >= 0.6 is 35.2 Å². The van der Waals surface area contributed by atoms with Crippen molar-refractivity contribution in [1.82, 2.24) is 25.1 Å². The highest BCUT2D eigenvalue weighted by atomic mass is 35.5. The first-order valence-electron chi connectivity index (χ1n) is 9.14. The maximum absolute atomic E-state index is 12.4. The summed E-state index contributed by atoms with van der Waals surface area (Å²) in [5.74, 6) is 0.494. The molecule has 2 aromatic carbocycles. The average Bonchev–Trinajstić information content (AvgIpc) is 3.30. The van der Waals surface area contributed by atoms with Crippen LogP contribution in [0.15, 0.2) is 42.5 Å². The second kappa shape index (κ2) is 8.47. The number of aromatic nitrogens is 4. The molecule has 10 heteroatoms. The van der Waals surface area contributed by atoms with Crippen molar-refractivity contribution in [3.05, 3.63) is 64.4 Å². The van der Waals surface area contributed by atoms with Crippen molar-refractivity contribution < 1.29 is 4.79 Å². The number of halogens is 1. The van der Waals surface area contributed by atoms with E-state index < -0.39 is 0 Å². The number of rotatable bonds is 4. The van der Waals surface area contributed by atoms with E-state index in [1.54, 1.807) is 22.7 Å². The summed E-state index contributed by atoms with van der Waals surface area (Å²) in [7, 11) is 0. The highest BCUT2D eigenvalue weighted by Crippen LogP contribution is 2.27. The number of amides is 1. The van der Waals surface area contributed by atoms with Gasteiger partial charge in [0.25, 0.3) is 5.91 Å². The molecule has 2 N–H and O–H groups in total. The van der Waals surface area contributed by atoms with Crippen LogP contribution in [0.5, 0.6) is 0 Å². The number of nitrogens with zero attached hydrogens (tertiary/aromatic N) is 4. The molecule has 1 amide bonds. The fraction of sp³-hybridized carbons (Fsp3) is 0.150. The molecule has 0 aliphatic rings. The smallest absolute Gasteiger partial charge is 0.257 e. The zero-order valence-electron chi connectivity index (χ0n) is 16.1. The molecule has 0 radical (unpaired) electrons. The Bertz CT molecular complexity index is 1270. The van der Waals surface area contributed by atoms with Crippen LogP contribution in [-0.2, 0) is 6.42 Å². The Balaban J connectivity index is 1.48. The summed E-state index contributed by atoms with van der Waals surface area (Å²) in [6.07, 6.45) is 0.756. The Morgan fingerprint density at radius 2 is 2.07 bits per heavy atom. The van der Waals surface area contributed by atoms with E-state index in [0.717, 1.165) is 39.0 Å². The first kappa shape index (κ1) is 20.4. The lowest BCUT2D eigenvalue weighted by Crippen LogP contribution is -2.34. The standard InChI is InChI=1S/C20H17ClN6OS2/c1-3-16-24-25-20-27(16)26-18(30-20)13-5-4-6-14(9-13)22-19(29)23-17(28)12-8-7-11(2)15(21)10-12/h4-10H,3H2,1-2H3,(H2,22,23,28,29). The van der Waals surface area contributed by atoms with Gasteiger partial charge in [0.05, 0.1) is 0 Å². The van der Waals surface area contributed by atoms with Gasteiger partial charge in [-0.25, -0.2) is 0 Å². The Morgan fingerprint density at radius 1 is 1.23 bits per heavy atom. The molecule has 2 aromatic heterocycles. The van der Waals surface area contributed by atoms with E-state index in [-0.39, 0.29) is 11.0 Å². The number of thiocarbonyl (C=S) groups is 1. The van der Waals surface area contributed by atoms with E-state index >= 15 is 0 Å². The van der Waals surface area contributed by atoms with E-state index in [1.165, 1.54) is 11.3 Å². The fourth-order valence-corrected chi connectivity index (χ4v) is 4.04. The first-order valence-corrected chi connectivity index (χ1v) is 10.7. The second-order valence-electron chi connectivity index (χ2n) is 6.52. The minimum absolute atomic E-state index is 0.195. The lowest BCUT2D eigenvalue weighted by atomic mass is 10.1. The van der Waals surface area contributed by atoms with Gasteiger partial charge in [0, 0.05) is 28.3 Å². The number of hydrogen-bond acceptors (Lipinski definition) is 6. The van der Waals surface area contributed by atoms with Crippen molar-refractivity contribution >= 4 is 56.8 Å². The van der Waals surface area contributed by atoms with Gasteiger partial charge in [0.2, 0.25) is 4.96 Å². The number of benzene rings is 2. The topological polar surface area (TPSA) is 84.2 Å². The summed E-state index contributed by atoms with van der Waals surface area (Å²) in [6, 6.07) is 12.7. The minimum Gasteiger partial charge on any atom is -0.332 e. The number of anilines is 1. The van der Waals surface area contributed by atoms with Crippen LogP contribution in [0.25, 0.3) is 15.5 Å². The number of carbonyl (C=O) groups excluding carboxylic acids is 1. The number of fused-ring (bicyclic) bond motifs is 1. The Morgan fingerprint density at radius 3 is 2.83 bits per heavy atom. The van der Waals surface area contributed by atoms with Gasteiger partial charge in [-0.15, -0.1) is 10.2 Å². The molecule has 4 aromatic rings. The van der Waals surface area contributed by atoms with Crippen LogP contribution in [0.1, 0.15) is 28.7 Å². The van der Waals surface area contributed by atoms with Crippen molar-refractivity contribution in [1.29, 1.82) is 0 Å². The average molecular weight is 457 g/mol. The predicted molar refractivity (Wildman–Crippen MR) is 123 cm³/mol. The van der Waals surface area contributed by atoms with E-state index in [2.05, 4.69) is 25.9 Å². The lowest BCUT2D eigenvalue weighted by molar-refractivity contribution is 0.0977. The zero-order chi connectivity index (χ0) is 21.3. The molecule has 2 heterocycles. The van der Waals surface area contributed by atoms with Gasteiger partial charge in [-0.2, -0.15) is 9.61 Å². The Kier molecular flexibility index (Phi) is 5.76. The Hall–Kier alpha value is -2.88. The van der Waals surface area contributed by atoms with Gasteiger partial charge in [0.15, 0.2) is 10.9 Å². The molecular weight excluding hydrogens is 440 g/mol. The summed E-state index contributed by atoms with van der Waals surface area (Å²) in [6.45, 7) is 3.89. The molecule has 0 aliphatic carbocycles. The number of carbonyl (C=O) groups is 1. The highest BCUT2D eigenvalue weighted by Gasteiger charge is 2.13. The number of aryl methyl sites for hydroxylation is 2. The number of hydrogen-bond donors (Lipinski definition) is 2. The second-order valence-corrected chi connectivity index (χ2v) is 8.30. The molecule has 0 saturated carbocycles. The third-order valence-corrected chi connectivity index (χ3v) is 5.96. The summed E-state index contributed by atoms with van der Waals surface area (Å²) in [5, 5.41) is 20.1. The van der Waals surface area contributed by atoms with E-state index in [0.29, 0.717) is 10.6 Å². The van der Waals surface area contributed by atoms with Gasteiger partial charge in [-0.3, -0.25) is 10.1 Å². The maximum Gasteiger partial charge on any atom is 0.257 e. The summed E-state index contributed by atoms with van der Waals surface area (Å²) < 4.78 is 1.76. The van der Waals surface area contributed by atoms with Gasteiger partial charge < -0.3 is 5.32 Å². The predicted octanol–water partition coefficient (Wildman–Crippen LogP) is 4.50. The fourth-order valence-electron chi connectivity index (χ4n) is 2.80. The monoisotopic (exact) mass is 456 g/mol. The van der Waals surface area contributed by atoms with Crippen molar-refractivity contribution in [3.8, 4) is 10.6 Å². The van der Waals surface area contributed by atoms with Crippen LogP contribution in [-0.4, -0.2) is 30.8 Å². The van der Waals surface area contributed by atoms with E-state index in [9.17, 15) is 4.79 Å². The molecule has 0 bridgehead atoms. The van der Waals surface area contributed by atoms with E-state index in [4.69, 9.17) is 23.8 Å². The van der Waals surface area contributed by atoms with Gasteiger partial charge >= 0.3 is 0 Å². The molecule has 0 unspecified atom stereocenters. The summed E-state index contributed by atoms with van der Waals surface area (Å²) in [5.41, 5.74) is 3.00. The first-order chi connectivity index (χ1) is 14.4. The minimum atomic E-state index is -0.328. The molecule has 0 aliphatic heterocycles. The molecule has 0 spiro atoms. The zero-order valence-corrected chi connectivity index (χ0v) is 18.5. The van der Waals surface area contributed by atoms with Crippen molar-refractivity contribution in [3.63, 3.8) is 0 Å². The molecule has 0 atom stereocenters. The van der Waals surface area contributed by atoms with Crippen LogP contribution in [0.4, 0.5) is 5.69 Å². The molecule has 4 rings (SSSR count). The van der Waals surface area contributed by atoms with Gasteiger partial charge in [0.1, 0.15) is 5.01 Å². The van der Waals surface area contributed by atoms with Crippen LogP contribution in [0, 0.1) is 6.92 Å². The van der Waals surface area contributed by atoms with Crippen LogP contribution in [0.2, 0.25) is 5.02 Å². The molecule has 0 fully saturated rings. The summed E-state index contributed by atoms with van der Waals surface area (Å²) in [4.78, 5) is 13.2. The summed E-state index contributed by atoms with van der Waals surface area (Å²) >= 11 is 12.8. The largest absolute Gasteiger partial charge is 0.332 e. The molecule has 30 heavy (non-hydrogen) atoms. The SMILES string of the molecule is CCc1nnc2sc(-c3cccc(NC(=S)NC(=O)c4ccc(C)c(Cl)c4)c3)nn12. The normalized spacial score (nSPS) is 10.9. The van der Waals surface area contributed by atoms with Crippen LogP contribution in [0.3, 0.4) is 0 Å². The van der Waals surface area contributed by atoms with Crippen molar-refractivity contribution in [2.24, 2.45) is 0 Å². The Labute approximate surface area is 187 Å². The lowest BCUT2D eigenvalue weighted by Gasteiger charge is -2.11. The van der Waals surface area contributed by atoms with Crippen molar-refractivity contribution in [2.45, 2.75) is 20.3 Å².